The predicted octanol–water partition coefficient (Wildman–Crippen LogP) is 3.84. The van der Waals surface area contributed by atoms with Crippen molar-refractivity contribution in [3.63, 3.8) is 0 Å². The van der Waals surface area contributed by atoms with Crippen molar-refractivity contribution in [1.82, 2.24) is 0 Å². The molecule has 1 N–H and O–H groups in total. The Kier molecular flexibility index (Phi) is 6.34. The minimum absolute atomic E-state index is 0.281. The van der Waals surface area contributed by atoms with Gasteiger partial charge in [0.25, 0.3) is 5.69 Å². The van der Waals surface area contributed by atoms with Crippen molar-refractivity contribution in [2.75, 3.05) is 11.9 Å². The molecule has 2 aromatic rings. The van der Waals surface area contributed by atoms with E-state index in [0.717, 1.165) is 6.07 Å². The molecule has 2 aromatic carbocycles. The Labute approximate surface area is 157 Å². The Morgan fingerprint density at radius 2 is 1.82 bits per heavy atom. The van der Waals surface area contributed by atoms with Crippen LogP contribution in [0.25, 0.3) is 0 Å². The van der Waals surface area contributed by atoms with Crippen molar-refractivity contribution in [3.05, 3.63) is 69.8 Å². The van der Waals surface area contributed by atoms with Gasteiger partial charge in [-0.3, -0.25) is 14.9 Å². The molecule has 1 atom stereocenters. The molecule has 148 valence electrons. The first-order valence-electron chi connectivity index (χ1n) is 7.96. The molecule has 0 radical (unpaired) electrons. The third-order valence-electron chi connectivity index (χ3n) is 3.69. The number of hydrogen-bond acceptors (Lipinski definition) is 6. The Hall–Kier alpha value is -3.43. The molecule has 0 heterocycles. The Balaban J connectivity index is 2.05. The summed E-state index contributed by atoms with van der Waals surface area (Å²) in [6.45, 7) is 0.765. The number of carbonyl (C=O) groups is 2. The number of Topliss-reactive ketones (excluding diaryl/α,β-unsaturated/α-hetero) is 1. The largest absolute Gasteiger partial charge is 0.456 e. The molecule has 10 heteroatoms. The highest BCUT2D eigenvalue weighted by atomic mass is 19.4. The summed E-state index contributed by atoms with van der Waals surface area (Å²) >= 11 is 0. The van der Waals surface area contributed by atoms with Crippen LogP contribution in [0.2, 0.25) is 0 Å². The third-order valence-corrected chi connectivity index (χ3v) is 3.69. The lowest BCUT2D eigenvalue weighted by atomic mass is 10.1. The second-order valence-electron chi connectivity index (χ2n) is 5.75. The fourth-order valence-electron chi connectivity index (χ4n) is 2.24. The highest BCUT2D eigenvalue weighted by Crippen LogP contribution is 2.35. The number of benzene rings is 2. The van der Waals surface area contributed by atoms with E-state index in [-0.39, 0.29) is 5.69 Å². The number of carbonyl (C=O) groups excluding carboxylic acids is 2. The number of nitrogens with zero attached hydrogens (tertiary/aromatic N) is 1. The van der Waals surface area contributed by atoms with Gasteiger partial charge in [0.2, 0.25) is 0 Å². The summed E-state index contributed by atoms with van der Waals surface area (Å²) in [6.07, 6.45) is -4.74. The molecule has 0 aromatic heterocycles. The van der Waals surface area contributed by atoms with Gasteiger partial charge < -0.3 is 10.1 Å². The van der Waals surface area contributed by atoms with Crippen LogP contribution in [0.3, 0.4) is 0 Å². The number of ether oxygens (including phenoxy) is 1. The quantitative estimate of drug-likeness (QED) is 0.330. The lowest BCUT2D eigenvalue weighted by Gasteiger charge is -2.15. The maximum Gasteiger partial charge on any atom is 0.416 e. The van der Waals surface area contributed by atoms with Gasteiger partial charge in [-0.05, 0) is 19.1 Å². The van der Waals surface area contributed by atoms with Gasteiger partial charge in [-0.15, -0.1) is 0 Å². The maximum absolute atomic E-state index is 12.7. The van der Waals surface area contributed by atoms with Gasteiger partial charge in [-0.25, -0.2) is 4.79 Å². The number of alkyl halides is 3. The zero-order valence-corrected chi connectivity index (χ0v) is 14.5. The number of ketones is 1. The molecule has 0 aliphatic heterocycles. The van der Waals surface area contributed by atoms with Gasteiger partial charge in [0.15, 0.2) is 12.4 Å². The van der Waals surface area contributed by atoms with E-state index in [1.807, 2.05) is 0 Å². The Morgan fingerprint density at radius 3 is 2.39 bits per heavy atom. The van der Waals surface area contributed by atoms with Crippen LogP contribution >= 0.6 is 0 Å². The van der Waals surface area contributed by atoms with E-state index < -0.39 is 46.8 Å². The van der Waals surface area contributed by atoms with E-state index in [2.05, 4.69) is 5.32 Å². The molecule has 0 saturated heterocycles. The van der Waals surface area contributed by atoms with Crippen molar-refractivity contribution in [3.8, 4) is 0 Å². The van der Waals surface area contributed by atoms with Crippen LogP contribution in [-0.4, -0.2) is 29.3 Å². The smallest absolute Gasteiger partial charge is 0.416 e. The summed E-state index contributed by atoms with van der Waals surface area (Å²) in [7, 11) is 0. The molecule has 0 bridgehead atoms. The van der Waals surface area contributed by atoms with Crippen LogP contribution in [0.5, 0.6) is 0 Å². The Morgan fingerprint density at radius 1 is 1.18 bits per heavy atom. The number of esters is 1. The molecular formula is C18H15F3N2O5. The summed E-state index contributed by atoms with van der Waals surface area (Å²) in [5.41, 5.74) is -1.96. The number of nitro benzene ring substituents is 1. The lowest BCUT2D eigenvalue weighted by Crippen LogP contribution is -2.30. The zero-order valence-electron chi connectivity index (χ0n) is 14.5. The van der Waals surface area contributed by atoms with Gasteiger partial charge in [0, 0.05) is 11.6 Å². The van der Waals surface area contributed by atoms with E-state index in [4.69, 9.17) is 4.74 Å². The number of anilines is 1. The van der Waals surface area contributed by atoms with Crippen molar-refractivity contribution < 1.29 is 32.4 Å². The fourth-order valence-corrected chi connectivity index (χ4v) is 2.24. The minimum atomic E-state index is -4.74. The van der Waals surface area contributed by atoms with Crippen LogP contribution < -0.4 is 5.32 Å². The van der Waals surface area contributed by atoms with Crippen LogP contribution in [0, 0.1) is 10.1 Å². The van der Waals surface area contributed by atoms with Crippen LogP contribution in [0.15, 0.2) is 48.5 Å². The Bertz CT molecular complexity index is 885. The number of nitrogens with one attached hydrogen (secondary N) is 1. The summed E-state index contributed by atoms with van der Waals surface area (Å²) in [5, 5.41) is 13.5. The van der Waals surface area contributed by atoms with Gasteiger partial charge in [-0.1, -0.05) is 30.3 Å². The van der Waals surface area contributed by atoms with E-state index >= 15 is 0 Å². The van der Waals surface area contributed by atoms with Gasteiger partial charge in [-0.2, -0.15) is 13.2 Å². The molecule has 0 aliphatic carbocycles. The van der Waals surface area contributed by atoms with Crippen molar-refractivity contribution >= 4 is 23.1 Å². The summed E-state index contributed by atoms with van der Waals surface area (Å²) in [5.74, 6) is -1.33. The van der Waals surface area contributed by atoms with E-state index in [0.29, 0.717) is 17.7 Å². The summed E-state index contributed by atoms with van der Waals surface area (Å²) < 4.78 is 43.0. The standard InChI is InChI=1S/C18H15F3N2O5/c1-11(17(25)28-10-16(24)12-5-3-2-4-6-12)22-14-8-7-13(18(19,20)21)9-15(14)23(26)27/h2-9,11,22H,10H2,1H3/t11-/m0/s1. The van der Waals surface area contributed by atoms with Crippen LogP contribution in [0.1, 0.15) is 22.8 Å². The molecule has 7 nitrogen and oxygen atoms in total. The minimum Gasteiger partial charge on any atom is -0.456 e. The molecular weight excluding hydrogens is 381 g/mol. The van der Waals surface area contributed by atoms with E-state index in [1.165, 1.54) is 6.92 Å². The van der Waals surface area contributed by atoms with Crippen molar-refractivity contribution in [2.24, 2.45) is 0 Å². The van der Waals surface area contributed by atoms with Gasteiger partial charge >= 0.3 is 12.1 Å². The molecule has 0 fully saturated rings. The predicted molar refractivity (Wildman–Crippen MR) is 92.9 cm³/mol. The average molecular weight is 396 g/mol. The van der Waals surface area contributed by atoms with E-state index in [9.17, 15) is 32.9 Å². The molecule has 0 saturated carbocycles. The molecule has 0 amide bonds. The zero-order chi connectivity index (χ0) is 20.9. The van der Waals surface area contributed by atoms with Gasteiger partial charge in [0.1, 0.15) is 11.7 Å². The average Bonchev–Trinajstić information content (AvgIpc) is 2.65. The number of nitro groups is 1. The first kappa shape index (κ1) is 20.9. The highest BCUT2D eigenvalue weighted by Gasteiger charge is 2.33. The second-order valence-corrected chi connectivity index (χ2v) is 5.75. The summed E-state index contributed by atoms with van der Waals surface area (Å²) in [4.78, 5) is 34.0. The third kappa shape index (κ3) is 5.29. The number of halogens is 3. The first-order valence-corrected chi connectivity index (χ1v) is 7.96. The fraction of sp³-hybridized carbons (Fsp3) is 0.222. The monoisotopic (exact) mass is 396 g/mol. The molecule has 2 rings (SSSR count). The second kappa shape index (κ2) is 8.51. The van der Waals surface area contributed by atoms with Crippen molar-refractivity contribution in [2.45, 2.75) is 19.1 Å². The maximum atomic E-state index is 12.7. The normalized spacial score (nSPS) is 12.1. The van der Waals surface area contributed by atoms with Crippen molar-refractivity contribution in [1.29, 1.82) is 0 Å². The molecule has 0 aliphatic rings. The summed E-state index contributed by atoms with van der Waals surface area (Å²) in [6, 6.07) is 8.84. The number of hydrogen-bond donors (Lipinski definition) is 1. The van der Waals surface area contributed by atoms with Crippen LogP contribution in [-0.2, 0) is 15.7 Å². The lowest BCUT2D eigenvalue weighted by molar-refractivity contribution is -0.384. The molecule has 0 spiro atoms. The first-order chi connectivity index (χ1) is 13.1. The number of rotatable bonds is 7. The van der Waals surface area contributed by atoms with Crippen LogP contribution in [0.4, 0.5) is 24.5 Å². The topological polar surface area (TPSA) is 98.5 Å². The SMILES string of the molecule is C[C@H](Nc1ccc(C(F)(F)F)cc1[N+](=O)[O-])C(=O)OCC(=O)c1ccccc1. The van der Waals surface area contributed by atoms with E-state index in [1.54, 1.807) is 30.3 Å². The molecule has 28 heavy (non-hydrogen) atoms. The molecule has 0 unspecified atom stereocenters. The van der Waals surface area contributed by atoms with Gasteiger partial charge in [0.05, 0.1) is 10.5 Å². The highest BCUT2D eigenvalue weighted by molar-refractivity contribution is 5.98.